The molecule has 1 atom stereocenters. The lowest BCUT2D eigenvalue weighted by Crippen LogP contribution is -2.54. The summed E-state index contributed by atoms with van der Waals surface area (Å²) in [6.45, 7) is 9.68. The van der Waals surface area contributed by atoms with E-state index >= 15 is 0 Å². The van der Waals surface area contributed by atoms with Gasteiger partial charge in [0.1, 0.15) is 11.6 Å². The van der Waals surface area contributed by atoms with Crippen molar-refractivity contribution in [2.75, 3.05) is 26.2 Å². The molecule has 1 saturated heterocycles. The normalized spacial score (nSPS) is 18.7. The number of rotatable bonds is 4. The zero-order valence-corrected chi connectivity index (χ0v) is 12.9. The summed E-state index contributed by atoms with van der Waals surface area (Å²) in [6.07, 6.45) is 1.16. The highest BCUT2D eigenvalue weighted by atomic mass is 16.6. The molecule has 1 amide bonds. The predicted octanol–water partition coefficient (Wildman–Crippen LogP) is 1.79. The molecule has 0 aromatic carbocycles. The average molecular weight is 286 g/mol. The molecule has 0 spiro atoms. The molecule has 1 aliphatic heterocycles. The summed E-state index contributed by atoms with van der Waals surface area (Å²) < 4.78 is 5.32. The van der Waals surface area contributed by atoms with Gasteiger partial charge in [-0.1, -0.05) is 13.3 Å². The van der Waals surface area contributed by atoms with Crippen LogP contribution < -0.4 is 0 Å². The smallest absolute Gasteiger partial charge is 0.410 e. The Hall–Kier alpha value is -1.30. The van der Waals surface area contributed by atoms with Gasteiger partial charge in [0.2, 0.25) is 0 Å². The molecular weight excluding hydrogens is 260 g/mol. The minimum absolute atomic E-state index is 0.320. The van der Waals surface area contributed by atoms with Crippen molar-refractivity contribution in [1.82, 2.24) is 9.80 Å². The van der Waals surface area contributed by atoms with E-state index in [-0.39, 0.29) is 6.09 Å². The largest absolute Gasteiger partial charge is 0.480 e. The molecule has 6 heteroatoms. The molecule has 6 nitrogen and oxygen atoms in total. The SMILES string of the molecule is CCC[C@@H](C(=O)O)N1CCN(C(=O)OC(C)(C)C)CC1. The van der Waals surface area contributed by atoms with Crippen LogP contribution in [0.3, 0.4) is 0 Å². The first-order valence-corrected chi connectivity index (χ1v) is 7.19. The second kappa shape index (κ2) is 6.92. The standard InChI is InChI=1S/C14H26N2O4/c1-5-6-11(12(17)18)15-7-9-16(10-8-15)13(19)20-14(2,3)4/h11H,5-10H2,1-4H3,(H,17,18)/t11-/m0/s1. The fourth-order valence-corrected chi connectivity index (χ4v) is 2.28. The van der Waals surface area contributed by atoms with Crippen LogP contribution in [0.15, 0.2) is 0 Å². The van der Waals surface area contributed by atoms with E-state index in [4.69, 9.17) is 4.74 Å². The van der Waals surface area contributed by atoms with Crippen LogP contribution in [0, 0.1) is 0 Å². The summed E-state index contributed by atoms with van der Waals surface area (Å²) >= 11 is 0. The molecule has 0 aliphatic carbocycles. The number of carbonyl (C=O) groups is 2. The Morgan fingerprint density at radius 1 is 1.20 bits per heavy atom. The number of carboxylic acid groups (broad SMARTS) is 1. The van der Waals surface area contributed by atoms with Gasteiger partial charge < -0.3 is 14.7 Å². The third-order valence-electron chi connectivity index (χ3n) is 3.25. The van der Waals surface area contributed by atoms with Crippen LogP contribution in [0.2, 0.25) is 0 Å². The molecule has 1 aliphatic rings. The minimum atomic E-state index is -0.780. The van der Waals surface area contributed by atoms with Gasteiger partial charge in [-0.2, -0.15) is 0 Å². The first kappa shape index (κ1) is 16.8. The average Bonchev–Trinajstić information content (AvgIpc) is 2.33. The van der Waals surface area contributed by atoms with Crippen LogP contribution in [0.1, 0.15) is 40.5 Å². The van der Waals surface area contributed by atoms with Gasteiger partial charge in [-0.15, -0.1) is 0 Å². The second-order valence-corrected chi connectivity index (χ2v) is 6.15. The Balaban J connectivity index is 2.50. The molecule has 0 aromatic rings. The molecular formula is C14H26N2O4. The lowest BCUT2D eigenvalue weighted by molar-refractivity contribution is -0.144. The number of amides is 1. The van der Waals surface area contributed by atoms with E-state index < -0.39 is 17.6 Å². The van der Waals surface area contributed by atoms with Crippen molar-refractivity contribution >= 4 is 12.1 Å². The molecule has 1 heterocycles. The van der Waals surface area contributed by atoms with Crippen LogP contribution >= 0.6 is 0 Å². The van der Waals surface area contributed by atoms with Gasteiger partial charge in [0.25, 0.3) is 0 Å². The fourth-order valence-electron chi connectivity index (χ4n) is 2.28. The number of hydrogen-bond donors (Lipinski definition) is 1. The molecule has 1 N–H and O–H groups in total. The van der Waals surface area contributed by atoms with Crippen LogP contribution in [0.4, 0.5) is 4.79 Å². The number of carbonyl (C=O) groups excluding carboxylic acids is 1. The Bertz CT molecular complexity index is 344. The maximum Gasteiger partial charge on any atom is 0.410 e. The predicted molar refractivity (Wildman–Crippen MR) is 75.7 cm³/mol. The second-order valence-electron chi connectivity index (χ2n) is 6.15. The van der Waals surface area contributed by atoms with Gasteiger partial charge in [-0.25, -0.2) is 4.79 Å². The van der Waals surface area contributed by atoms with Crippen molar-refractivity contribution in [3.05, 3.63) is 0 Å². The van der Waals surface area contributed by atoms with Crippen molar-refractivity contribution in [3.63, 3.8) is 0 Å². The number of ether oxygens (including phenoxy) is 1. The molecule has 0 saturated carbocycles. The van der Waals surface area contributed by atoms with Gasteiger partial charge in [0, 0.05) is 26.2 Å². The fraction of sp³-hybridized carbons (Fsp3) is 0.857. The Morgan fingerprint density at radius 3 is 2.15 bits per heavy atom. The highest BCUT2D eigenvalue weighted by molar-refractivity contribution is 5.73. The van der Waals surface area contributed by atoms with Crippen molar-refractivity contribution < 1.29 is 19.4 Å². The molecule has 0 unspecified atom stereocenters. The summed E-state index contributed by atoms with van der Waals surface area (Å²) in [4.78, 5) is 26.7. The summed E-state index contributed by atoms with van der Waals surface area (Å²) in [5.74, 6) is -0.780. The van der Waals surface area contributed by atoms with E-state index in [0.717, 1.165) is 6.42 Å². The Morgan fingerprint density at radius 2 is 1.75 bits per heavy atom. The van der Waals surface area contributed by atoms with Crippen molar-refractivity contribution in [2.45, 2.75) is 52.2 Å². The zero-order valence-electron chi connectivity index (χ0n) is 12.9. The number of aliphatic carboxylic acids is 1. The van der Waals surface area contributed by atoms with Crippen LogP contribution in [0.25, 0.3) is 0 Å². The first-order chi connectivity index (χ1) is 9.24. The van der Waals surface area contributed by atoms with Crippen molar-refractivity contribution in [3.8, 4) is 0 Å². The third-order valence-corrected chi connectivity index (χ3v) is 3.25. The van der Waals surface area contributed by atoms with E-state index in [0.29, 0.717) is 32.6 Å². The molecule has 0 bridgehead atoms. The molecule has 0 aromatic heterocycles. The van der Waals surface area contributed by atoms with Gasteiger partial charge >= 0.3 is 12.1 Å². The number of piperazine rings is 1. The van der Waals surface area contributed by atoms with E-state index in [1.807, 2.05) is 32.6 Å². The molecule has 1 fully saturated rings. The zero-order chi connectivity index (χ0) is 15.3. The van der Waals surface area contributed by atoms with E-state index in [2.05, 4.69) is 0 Å². The number of hydrogen-bond acceptors (Lipinski definition) is 4. The summed E-state index contributed by atoms with van der Waals surface area (Å²) in [7, 11) is 0. The van der Waals surface area contributed by atoms with Crippen LogP contribution in [0.5, 0.6) is 0 Å². The molecule has 0 radical (unpaired) electrons. The summed E-state index contributed by atoms with van der Waals surface area (Å²) in [6, 6.07) is -0.444. The number of carboxylic acids is 1. The van der Waals surface area contributed by atoms with Gasteiger partial charge in [0.05, 0.1) is 0 Å². The van der Waals surface area contributed by atoms with Gasteiger partial charge in [-0.3, -0.25) is 9.69 Å². The van der Waals surface area contributed by atoms with Gasteiger partial charge in [-0.05, 0) is 27.2 Å². The maximum absolute atomic E-state index is 11.9. The van der Waals surface area contributed by atoms with E-state index in [1.165, 1.54) is 0 Å². The molecule has 1 rings (SSSR count). The van der Waals surface area contributed by atoms with Crippen molar-refractivity contribution in [2.24, 2.45) is 0 Å². The third kappa shape index (κ3) is 5.00. The lowest BCUT2D eigenvalue weighted by Gasteiger charge is -2.38. The quantitative estimate of drug-likeness (QED) is 0.853. The van der Waals surface area contributed by atoms with Crippen LogP contribution in [-0.2, 0) is 9.53 Å². The highest BCUT2D eigenvalue weighted by Gasteiger charge is 2.31. The minimum Gasteiger partial charge on any atom is -0.480 e. The lowest BCUT2D eigenvalue weighted by atomic mass is 10.1. The topological polar surface area (TPSA) is 70.1 Å². The van der Waals surface area contributed by atoms with Gasteiger partial charge in [0.15, 0.2) is 0 Å². The van der Waals surface area contributed by atoms with E-state index in [9.17, 15) is 14.7 Å². The first-order valence-electron chi connectivity index (χ1n) is 7.19. The van der Waals surface area contributed by atoms with Crippen molar-refractivity contribution in [1.29, 1.82) is 0 Å². The molecule has 20 heavy (non-hydrogen) atoms. The highest BCUT2D eigenvalue weighted by Crippen LogP contribution is 2.15. The maximum atomic E-state index is 11.9. The summed E-state index contributed by atoms with van der Waals surface area (Å²) in [5, 5.41) is 9.24. The Labute approximate surface area is 120 Å². The van der Waals surface area contributed by atoms with E-state index in [1.54, 1.807) is 4.90 Å². The monoisotopic (exact) mass is 286 g/mol. The van der Waals surface area contributed by atoms with Crippen LogP contribution in [-0.4, -0.2) is 64.8 Å². The molecule has 116 valence electrons. The number of nitrogens with zero attached hydrogens (tertiary/aromatic N) is 2. The summed E-state index contributed by atoms with van der Waals surface area (Å²) in [5.41, 5.74) is -0.500. The Kier molecular flexibility index (Phi) is 5.80.